The van der Waals surface area contributed by atoms with Crippen LogP contribution in [0.5, 0.6) is 11.5 Å². The van der Waals surface area contributed by atoms with Crippen molar-refractivity contribution in [3.8, 4) is 22.6 Å². The fourth-order valence-corrected chi connectivity index (χ4v) is 4.08. The number of ether oxygens (including phenoxy) is 2. The molecule has 4 rings (SSSR count). The first-order chi connectivity index (χ1) is 17.1. The Morgan fingerprint density at radius 1 is 0.657 bits per heavy atom. The lowest BCUT2D eigenvalue weighted by molar-refractivity contribution is 0.0679. The van der Waals surface area contributed by atoms with Gasteiger partial charge in [0.25, 0.3) is 0 Å². The SMILES string of the molecule is CCCc1cc(-c2ccccc2)c(CC)c(OC(=O)c2ccccc2)c1OC(=O)c1ccccc1. The third-order valence-electron chi connectivity index (χ3n) is 5.78. The van der Waals surface area contributed by atoms with E-state index in [0.717, 1.165) is 28.7 Å². The summed E-state index contributed by atoms with van der Waals surface area (Å²) >= 11 is 0. The van der Waals surface area contributed by atoms with Gasteiger partial charge in [0.2, 0.25) is 0 Å². The van der Waals surface area contributed by atoms with Gasteiger partial charge in [-0.3, -0.25) is 0 Å². The molecular weight excluding hydrogens is 436 g/mol. The van der Waals surface area contributed by atoms with Gasteiger partial charge in [0, 0.05) is 5.56 Å². The Labute approximate surface area is 206 Å². The first kappa shape index (κ1) is 24.0. The zero-order valence-corrected chi connectivity index (χ0v) is 20.0. The van der Waals surface area contributed by atoms with Crippen molar-refractivity contribution >= 4 is 11.9 Å². The van der Waals surface area contributed by atoms with E-state index >= 15 is 0 Å². The van der Waals surface area contributed by atoms with Gasteiger partial charge < -0.3 is 9.47 Å². The molecule has 0 radical (unpaired) electrons. The van der Waals surface area contributed by atoms with E-state index < -0.39 is 11.9 Å². The van der Waals surface area contributed by atoms with Crippen LogP contribution in [-0.2, 0) is 12.8 Å². The largest absolute Gasteiger partial charge is 0.419 e. The normalized spacial score (nSPS) is 10.6. The zero-order valence-electron chi connectivity index (χ0n) is 20.0. The highest BCUT2D eigenvalue weighted by molar-refractivity contribution is 5.94. The molecule has 4 nitrogen and oxygen atoms in total. The second-order valence-electron chi connectivity index (χ2n) is 8.20. The molecule has 0 fully saturated rings. The molecule has 0 atom stereocenters. The van der Waals surface area contributed by atoms with Gasteiger partial charge >= 0.3 is 11.9 Å². The van der Waals surface area contributed by atoms with Crippen LogP contribution in [0.1, 0.15) is 52.1 Å². The Kier molecular flexibility index (Phi) is 7.74. The second kappa shape index (κ2) is 11.3. The summed E-state index contributed by atoms with van der Waals surface area (Å²) in [5.74, 6) is -0.378. The molecule has 35 heavy (non-hydrogen) atoms. The monoisotopic (exact) mass is 464 g/mol. The van der Waals surface area contributed by atoms with E-state index in [4.69, 9.17) is 9.47 Å². The highest BCUT2D eigenvalue weighted by Gasteiger charge is 2.25. The van der Waals surface area contributed by atoms with Gasteiger partial charge in [-0.2, -0.15) is 0 Å². The molecule has 0 aliphatic rings. The molecule has 0 saturated heterocycles. The summed E-state index contributed by atoms with van der Waals surface area (Å²) in [5, 5.41) is 0. The molecule has 0 heterocycles. The quantitative estimate of drug-likeness (QED) is 0.203. The van der Waals surface area contributed by atoms with E-state index in [2.05, 4.69) is 13.0 Å². The van der Waals surface area contributed by atoms with Crippen molar-refractivity contribution < 1.29 is 19.1 Å². The van der Waals surface area contributed by atoms with Gasteiger partial charge in [0.15, 0.2) is 11.5 Å². The minimum absolute atomic E-state index is 0.301. The van der Waals surface area contributed by atoms with Crippen LogP contribution in [0.2, 0.25) is 0 Å². The van der Waals surface area contributed by atoms with Crippen molar-refractivity contribution in [2.75, 3.05) is 0 Å². The van der Waals surface area contributed by atoms with Crippen molar-refractivity contribution in [2.45, 2.75) is 33.1 Å². The van der Waals surface area contributed by atoms with Gasteiger partial charge in [-0.15, -0.1) is 0 Å². The predicted octanol–water partition coefficient (Wildman–Crippen LogP) is 7.31. The van der Waals surface area contributed by atoms with Crippen LogP contribution in [0.4, 0.5) is 0 Å². The average molecular weight is 465 g/mol. The maximum absolute atomic E-state index is 13.1. The molecule has 176 valence electrons. The summed E-state index contributed by atoms with van der Waals surface area (Å²) in [6.45, 7) is 4.07. The number of hydrogen-bond acceptors (Lipinski definition) is 4. The zero-order chi connectivity index (χ0) is 24.6. The number of aryl methyl sites for hydroxylation is 1. The van der Waals surface area contributed by atoms with Gasteiger partial charge in [-0.05, 0) is 59.9 Å². The lowest BCUT2D eigenvalue weighted by Crippen LogP contribution is -2.16. The van der Waals surface area contributed by atoms with Crippen LogP contribution in [0.3, 0.4) is 0 Å². The second-order valence-corrected chi connectivity index (χ2v) is 8.20. The Morgan fingerprint density at radius 3 is 1.63 bits per heavy atom. The van der Waals surface area contributed by atoms with E-state index in [0.29, 0.717) is 35.5 Å². The molecule has 0 aliphatic heterocycles. The Bertz CT molecular complexity index is 1300. The summed E-state index contributed by atoms with van der Waals surface area (Å²) in [4.78, 5) is 26.2. The van der Waals surface area contributed by atoms with E-state index in [-0.39, 0.29) is 0 Å². The lowest BCUT2D eigenvalue weighted by Gasteiger charge is -2.21. The van der Waals surface area contributed by atoms with Crippen molar-refractivity contribution in [3.63, 3.8) is 0 Å². The van der Waals surface area contributed by atoms with Gasteiger partial charge in [0.1, 0.15) is 0 Å². The van der Waals surface area contributed by atoms with Crippen LogP contribution in [0, 0.1) is 0 Å². The Balaban J connectivity index is 1.89. The smallest absolute Gasteiger partial charge is 0.343 e. The number of benzene rings is 4. The van der Waals surface area contributed by atoms with Crippen molar-refractivity contribution in [2.24, 2.45) is 0 Å². The first-order valence-corrected chi connectivity index (χ1v) is 11.9. The average Bonchev–Trinajstić information content (AvgIpc) is 2.91. The molecule has 0 N–H and O–H groups in total. The number of hydrogen-bond donors (Lipinski definition) is 0. The van der Waals surface area contributed by atoms with E-state index in [1.165, 1.54) is 0 Å². The Hall–Kier alpha value is -4.18. The van der Waals surface area contributed by atoms with Gasteiger partial charge in [-0.1, -0.05) is 87.0 Å². The Morgan fingerprint density at radius 2 is 1.14 bits per heavy atom. The molecule has 0 aliphatic carbocycles. The van der Waals surface area contributed by atoms with Gasteiger partial charge in [-0.25, -0.2) is 9.59 Å². The topological polar surface area (TPSA) is 52.6 Å². The number of carbonyl (C=O) groups is 2. The summed E-state index contributed by atoms with van der Waals surface area (Å²) in [6.07, 6.45) is 2.09. The molecule has 4 heteroatoms. The van der Waals surface area contributed by atoms with Crippen LogP contribution in [-0.4, -0.2) is 11.9 Å². The summed E-state index contributed by atoms with van der Waals surface area (Å²) in [5.41, 5.74) is 4.48. The minimum atomic E-state index is -0.495. The number of rotatable bonds is 8. The molecule has 0 bridgehead atoms. The fourth-order valence-electron chi connectivity index (χ4n) is 4.08. The number of esters is 2. The molecule has 0 saturated carbocycles. The molecule has 4 aromatic carbocycles. The van der Waals surface area contributed by atoms with Crippen molar-refractivity contribution in [1.82, 2.24) is 0 Å². The van der Waals surface area contributed by atoms with Crippen LogP contribution >= 0.6 is 0 Å². The molecule has 0 amide bonds. The van der Waals surface area contributed by atoms with Crippen molar-refractivity contribution in [3.05, 3.63) is 119 Å². The fraction of sp³-hybridized carbons (Fsp3) is 0.161. The third kappa shape index (κ3) is 5.49. The standard InChI is InChI=1S/C31H28O4/c1-3-14-25-21-27(22-15-8-5-9-16-22)26(4-2)29(35-31(33)24-19-12-7-13-20-24)28(25)34-30(32)23-17-10-6-11-18-23/h5-13,15-21H,3-4,14H2,1-2H3. The summed E-state index contributed by atoms with van der Waals surface area (Å²) < 4.78 is 12.0. The lowest BCUT2D eigenvalue weighted by atomic mass is 9.92. The summed E-state index contributed by atoms with van der Waals surface area (Å²) in [6, 6.07) is 29.7. The van der Waals surface area contributed by atoms with Crippen LogP contribution < -0.4 is 9.47 Å². The predicted molar refractivity (Wildman–Crippen MR) is 138 cm³/mol. The molecule has 0 spiro atoms. The van der Waals surface area contributed by atoms with E-state index in [9.17, 15) is 9.59 Å². The van der Waals surface area contributed by atoms with E-state index in [1.807, 2.05) is 49.4 Å². The molecule has 4 aromatic rings. The van der Waals surface area contributed by atoms with Gasteiger partial charge in [0.05, 0.1) is 11.1 Å². The third-order valence-corrected chi connectivity index (χ3v) is 5.78. The minimum Gasteiger partial charge on any atom is -0.419 e. The molecule has 0 unspecified atom stereocenters. The maximum atomic E-state index is 13.1. The van der Waals surface area contributed by atoms with E-state index in [1.54, 1.807) is 48.5 Å². The highest BCUT2D eigenvalue weighted by atomic mass is 16.6. The molecule has 0 aromatic heterocycles. The number of carbonyl (C=O) groups excluding carboxylic acids is 2. The summed E-state index contributed by atoms with van der Waals surface area (Å²) in [7, 11) is 0. The first-order valence-electron chi connectivity index (χ1n) is 11.9. The highest BCUT2D eigenvalue weighted by Crippen LogP contribution is 2.43. The van der Waals surface area contributed by atoms with Crippen LogP contribution in [0.25, 0.3) is 11.1 Å². The van der Waals surface area contributed by atoms with Crippen LogP contribution in [0.15, 0.2) is 97.1 Å². The molecular formula is C31H28O4. The maximum Gasteiger partial charge on any atom is 0.343 e. The van der Waals surface area contributed by atoms with Crippen molar-refractivity contribution in [1.29, 1.82) is 0 Å².